The number of likely N-dealkylation sites (N-methyl/N-ethyl adjacent to an activating group) is 1. The summed E-state index contributed by atoms with van der Waals surface area (Å²) in [6, 6.07) is 5.71. The van der Waals surface area contributed by atoms with E-state index in [0.717, 1.165) is 23.1 Å². The molecule has 0 saturated heterocycles. The van der Waals surface area contributed by atoms with Crippen LogP contribution in [-0.2, 0) is 0 Å². The average Bonchev–Trinajstić information content (AvgIpc) is 2.24. The molecule has 0 aromatic heterocycles. The summed E-state index contributed by atoms with van der Waals surface area (Å²) in [5.41, 5.74) is 1.82. The van der Waals surface area contributed by atoms with E-state index in [2.05, 4.69) is 26.6 Å². The topological polar surface area (TPSA) is 41.1 Å². The summed E-state index contributed by atoms with van der Waals surface area (Å²) in [7, 11) is 0. The van der Waals surface area contributed by atoms with Crippen LogP contribution in [0.2, 0.25) is 0 Å². The third-order valence-electron chi connectivity index (χ3n) is 2.21. The first-order valence-corrected chi connectivity index (χ1v) is 6.19. The Balaban J connectivity index is 0.00000256. The minimum atomic E-state index is -0.0372. The molecule has 3 nitrogen and oxygen atoms in total. The Kier molecular flexibility index (Phi) is 8.21. The van der Waals surface area contributed by atoms with Gasteiger partial charge < -0.3 is 10.6 Å². The van der Waals surface area contributed by atoms with Crippen molar-refractivity contribution in [3.8, 4) is 0 Å². The second kappa shape index (κ2) is 8.50. The lowest BCUT2D eigenvalue weighted by Crippen LogP contribution is -2.31. The minimum Gasteiger partial charge on any atom is -0.351 e. The number of aryl methyl sites for hydroxylation is 1. The molecule has 17 heavy (non-hydrogen) atoms. The van der Waals surface area contributed by atoms with E-state index in [-0.39, 0.29) is 18.3 Å². The Morgan fingerprint density at radius 1 is 1.35 bits per heavy atom. The molecular weight excluding hydrogens is 304 g/mol. The second-order valence-electron chi connectivity index (χ2n) is 3.59. The highest BCUT2D eigenvalue weighted by molar-refractivity contribution is 9.10. The third kappa shape index (κ3) is 5.52. The number of hydrogen-bond donors (Lipinski definition) is 2. The van der Waals surface area contributed by atoms with E-state index in [0.29, 0.717) is 12.1 Å². The van der Waals surface area contributed by atoms with Gasteiger partial charge in [-0.15, -0.1) is 12.4 Å². The van der Waals surface area contributed by atoms with Crippen LogP contribution in [0.25, 0.3) is 0 Å². The van der Waals surface area contributed by atoms with Gasteiger partial charge in [0.05, 0.1) is 5.56 Å². The van der Waals surface area contributed by atoms with Crippen molar-refractivity contribution in [2.75, 3.05) is 19.6 Å². The van der Waals surface area contributed by atoms with Gasteiger partial charge in [0.25, 0.3) is 5.91 Å². The number of nitrogens with one attached hydrogen (secondary N) is 2. The molecule has 1 aromatic carbocycles. The molecule has 0 unspecified atom stereocenters. The van der Waals surface area contributed by atoms with E-state index >= 15 is 0 Å². The Morgan fingerprint density at radius 3 is 2.65 bits per heavy atom. The lowest BCUT2D eigenvalue weighted by molar-refractivity contribution is 0.0953. The summed E-state index contributed by atoms with van der Waals surface area (Å²) < 4.78 is 0.841. The molecule has 0 spiro atoms. The van der Waals surface area contributed by atoms with E-state index in [1.165, 1.54) is 0 Å². The first-order chi connectivity index (χ1) is 7.65. The molecule has 0 radical (unpaired) electrons. The zero-order valence-electron chi connectivity index (χ0n) is 10.0. The fourth-order valence-electron chi connectivity index (χ4n) is 1.34. The van der Waals surface area contributed by atoms with E-state index in [9.17, 15) is 4.79 Å². The van der Waals surface area contributed by atoms with Crippen LogP contribution in [-0.4, -0.2) is 25.5 Å². The van der Waals surface area contributed by atoms with Crippen molar-refractivity contribution >= 4 is 34.2 Å². The van der Waals surface area contributed by atoms with E-state index in [1.807, 2.05) is 32.0 Å². The largest absolute Gasteiger partial charge is 0.351 e. The molecule has 2 N–H and O–H groups in total. The van der Waals surface area contributed by atoms with Gasteiger partial charge in [-0.3, -0.25) is 4.79 Å². The summed E-state index contributed by atoms with van der Waals surface area (Å²) in [5.74, 6) is -0.0372. The van der Waals surface area contributed by atoms with Crippen LogP contribution in [0.3, 0.4) is 0 Å². The molecule has 96 valence electrons. The maximum absolute atomic E-state index is 11.8. The lowest BCUT2D eigenvalue weighted by atomic mass is 10.1. The smallest absolute Gasteiger partial charge is 0.252 e. The van der Waals surface area contributed by atoms with Crippen LogP contribution < -0.4 is 10.6 Å². The van der Waals surface area contributed by atoms with Gasteiger partial charge in [0.2, 0.25) is 0 Å². The van der Waals surface area contributed by atoms with Crippen molar-refractivity contribution in [1.82, 2.24) is 10.6 Å². The highest BCUT2D eigenvalue weighted by Gasteiger charge is 2.08. The van der Waals surface area contributed by atoms with Gasteiger partial charge in [0.1, 0.15) is 0 Å². The molecule has 5 heteroatoms. The standard InChI is InChI=1S/C12H17BrN2O.ClH/c1-3-14-6-7-15-12(16)10-5-4-9(2)8-11(10)13;/h4-5,8,14H,3,6-7H2,1-2H3,(H,15,16);1H. The predicted octanol–water partition coefficient (Wildman–Crippen LogP) is 2.52. The maximum Gasteiger partial charge on any atom is 0.252 e. The van der Waals surface area contributed by atoms with Crippen molar-refractivity contribution in [2.24, 2.45) is 0 Å². The Labute approximate surface area is 117 Å². The van der Waals surface area contributed by atoms with Gasteiger partial charge in [-0.2, -0.15) is 0 Å². The Hall–Kier alpha value is -0.580. The van der Waals surface area contributed by atoms with Crippen LogP contribution in [0.4, 0.5) is 0 Å². The number of carbonyl (C=O) groups is 1. The normalized spacial score (nSPS) is 9.59. The molecule has 0 bridgehead atoms. The number of benzene rings is 1. The van der Waals surface area contributed by atoms with Crippen LogP contribution in [0.1, 0.15) is 22.8 Å². The van der Waals surface area contributed by atoms with Crippen LogP contribution in [0.15, 0.2) is 22.7 Å². The lowest BCUT2D eigenvalue weighted by Gasteiger charge is -2.07. The minimum absolute atomic E-state index is 0. The molecule has 0 aliphatic rings. The second-order valence-corrected chi connectivity index (χ2v) is 4.45. The number of halogens is 2. The van der Waals surface area contributed by atoms with Crippen LogP contribution >= 0.6 is 28.3 Å². The Bertz CT molecular complexity index is 372. The molecule has 0 atom stereocenters. The summed E-state index contributed by atoms with van der Waals surface area (Å²) in [4.78, 5) is 11.8. The number of amides is 1. The average molecular weight is 322 g/mol. The van der Waals surface area contributed by atoms with Gasteiger partial charge in [0.15, 0.2) is 0 Å². The maximum atomic E-state index is 11.8. The van der Waals surface area contributed by atoms with Gasteiger partial charge >= 0.3 is 0 Å². The molecule has 1 rings (SSSR count). The molecule has 0 aliphatic carbocycles. The Morgan fingerprint density at radius 2 is 2.06 bits per heavy atom. The SMILES string of the molecule is CCNCCNC(=O)c1ccc(C)cc1Br.Cl. The summed E-state index contributed by atoms with van der Waals surface area (Å²) >= 11 is 3.39. The number of carbonyl (C=O) groups excluding carboxylic acids is 1. The van der Waals surface area contributed by atoms with Crippen LogP contribution in [0, 0.1) is 6.92 Å². The first-order valence-electron chi connectivity index (χ1n) is 5.40. The van der Waals surface area contributed by atoms with E-state index in [1.54, 1.807) is 0 Å². The number of hydrogen-bond acceptors (Lipinski definition) is 2. The molecule has 0 saturated carbocycles. The van der Waals surface area contributed by atoms with Gasteiger partial charge in [-0.05, 0) is 47.1 Å². The third-order valence-corrected chi connectivity index (χ3v) is 2.86. The van der Waals surface area contributed by atoms with Gasteiger partial charge in [-0.1, -0.05) is 13.0 Å². The quantitative estimate of drug-likeness (QED) is 0.818. The summed E-state index contributed by atoms with van der Waals surface area (Å²) in [6.45, 7) is 6.40. The molecule has 0 aliphatic heterocycles. The molecular formula is C12H18BrClN2O. The molecule has 1 aromatic rings. The summed E-state index contributed by atoms with van der Waals surface area (Å²) in [5, 5.41) is 6.01. The first kappa shape index (κ1) is 16.4. The van der Waals surface area contributed by atoms with Gasteiger partial charge in [0, 0.05) is 17.6 Å². The zero-order valence-corrected chi connectivity index (χ0v) is 12.5. The van der Waals surface area contributed by atoms with Crippen molar-refractivity contribution in [3.05, 3.63) is 33.8 Å². The molecule has 1 amide bonds. The zero-order chi connectivity index (χ0) is 12.0. The fourth-order valence-corrected chi connectivity index (χ4v) is 2.01. The van der Waals surface area contributed by atoms with E-state index < -0.39 is 0 Å². The van der Waals surface area contributed by atoms with Crippen molar-refractivity contribution in [1.29, 1.82) is 0 Å². The van der Waals surface area contributed by atoms with Crippen molar-refractivity contribution < 1.29 is 4.79 Å². The van der Waals surface area contributed by atoms with Crippen LogP contribution in [0.5, 0.6) is 0 Å². The number of rotatable bonds is 5. The molecule has 0 fully saturated rings. The predicted molar refractivity (Wildman–Crippen MR) is 77.0 cm³/mol. The highest BCUT2D eigenvalue weighted by atomic mass is 79.9. The summed E-state index contributed by atoms with van der Waals surface area (Å²) in [6.07, 6.45) is 0. The van der Waals surface area contributed by atoms with Crippen molar-refractivity contribution in [3.63, 3.8) is 0 Å². The fraction of sp³-hybridized carbons (Fsp3) is 0.417. The van der Waals surface area contributed by atoms with Gasteiger partial charge in [-0.25, -0.2) is 0 Å². The molecule has 0 heterocycles. The van der Waals surface area contributed by atoms with Crippen molar-refractivity contribution in [2.45, 2.75) is 13.8 Å². The highest BCUT2D eigenvalue weighted by Crippen LogP contribution is 2.17. The van der Waals surface area contributed by atoms with E-state index in [4.69, 9.17) is 0 Å². The monoisotopic (exact) mass is 320 g/mol.